The summed E-state index contributed by atoms with van der Waals surface area (Å²) in [6.07, 6.45) is 0. The highest BCUT2D eigenvalue weighted by molar-refractivity contribution is 5.96. The molecule has 1 amide bonds. The number of fused-ring (bicyclic) bond motifs is 1. The highest BCUT2D eigenvalue weighted by Crippen LogP contribution is 2.21. The van der Waals surface area contributed by atoms with Crippen molar-refractivity contribution in [1.29, 1.82) is 0 Å². The highest BCUT2D eigenvalue weighted by atomic mass is 16.5. The van der Waals surface area contributed by atoms with Gasteiger partial charge in [-0.05, 0) is 42.7 Å². The summed E-state index contributed by atoms with van der Waals surface area (Å²) >= 11 is 0. The molecular formula is C19H19N3O2. The van der Waals surface area contributed by atoms with Crippen LogP contribution >= 0.6 is 0 Å². The van der Waals surface area contributed by atoms with Gasteiger partial charge in [0.25, 0.3) is 5.91 Å². The first-order valence-electron chi connectivity index (χ1n) is 7.73. The van der Waals surface area contributed by atoms with E-state index in [1.165, 1.54) is 7.11 Å². The Labute approximate surface area is 140 Å². The molecule has 3 aromatic rings. The minimum absolute atomic E-state index is 0.198. The predicted molar refractivity (Wildman–Crippen MR) is 93.2 cm³/mol. The lowest BCUT2D eigenvalue weighted by Crippen LogP contribution is -2.24. The average Bonchev–Trinajstić information content (AvgIpc) is 2.60. The first-order valence-corrected chi connectivity index (χ1v) is 7.73. The fourth-order valence-electron chi connectivity index (χ4n) is 2.45. The van der Waals surface area contributed by atoms with E-state index in [9.17, 15) is 4.79 Å². The van der Waals surface area contributed by atoms with Crippen LogP contribution < -0.4 is 10.1 Å². The lowest BCUT2D eigenvalue weighted by atomic mass is 10.1. The minimum Gasteiger partial charge on any atom is -0.479 e. The summed E-state index contributed by atoms with van der Waals surface area (Å²) in [6.45, 7) is 4.45. The van der Waals surface area contributed by atoms with Crippen molar-refractivity contribution in [2.45, 2.75) is 20.4 Å². The molecule has 3 rings (SSSR count). The third-order valence-electron chi connectivity index (χ3n) is 3.95. The largest absolute Gasteiger partial charge is 0.479 e. The summed E-state index contributed by atoms with van der Waals surface area (Å²) in [4.78, 5) is 21.4. The Balaban J connectivity index is 1.92. The molecule has 0 aliphatic carbocycles. The second-order valence-corrected chi connectivity index (χ2v) is 5.67. The molecule has 1 heterocycles. The first-order chi connectivity index (χ1) is 11.6. The standard InChI is InChI=1S/C19H19N3O2/c1-12-9-15-16(10-13(12)2)22-19(24-3)17(21-15)18(23)20-11-14-7-5-4-6-8-14/h4-10H,11H2,1-3H3,(H,20,23). The van der Waals surface area contributed by atoms with E-state index in [4.69, 9.17) is 4.74 Å². The zero-order valence-corrected chi connectivity index (χ0v) is 14.0. The number of aryl methyl sites for hydroxylation is 2. The number of hydrogen-bond acceptors (Lipinski definition) is 4. The summed E-state index contributed by atoms with van der Waals surface area (Å²) in [5.74, 6) is -0.0698. The quantitative estimate of drug-likeness (QED) is 0.801. The van der Waals surface area contributed by atoms with Gasteiger partial charge < -0.3 is 10.1 Å². The third kappa shape index (κ3) is 3.20. The van der Waals surface area contributed by atoms with Crippen LogP contribution in [0.2, 0.25) is 0 Å². The topological polar surface area (TPSA) is 64.1 Å². The smallest absolute Gasteiger partial charge is 0.275 e. The van der Waals surface area contributed by atoms with Crippen molar-refractivity contribution in [3.63, 3.8) is 0 Å². The molecule has 122 valence electrons. The molecule has 24 heavy (non-hydrogen) atoms. The van der Waals surface area contributed by atoms with Gasteiger partial charge >= 0.3 is 0 Å². The molecular weight excluding hydrogens is 302 g/mol. The molecule has 5 nitrogen and oxygen atoms in total. The Morgan fingerprint density at radius 1 is 1.04 bits per heavy atom. The minimum atomic E-state index is -0.302. The molecule has 0 saturated heterocycles. The van der Waals surface area contributed by atoms with Gasteiger partial charge in [0, 0.05) is 6.54 Å². The molecule has 0 spiro atoms. The normalized spacial score (nSPS) is 10.6. The fraction of sp³-hybridized carbons (Fsp3) is 0.211. The van der Waals surface area contributed by atoms with Gasteiger partial charge in [-0.15, -0.1) is 0 Å². The number of rotatable bonds is 4. The van der Waals surface area contributed by atoms with Crippen molar-refractivity contribution >= 4 is 16.9 Å². The van der Waals surface area contributed by atoms with Gasteiger partial charge in [0.1, 0.15) is 0 Å². The molecule has 0 bridgehead atoms. The number of amides is 1. The molecule has 0 aliphatic heterocycles. The molecule has 0 fully saturated rings. The number of carbonyl (C=O) groups is 1. The number of nitrogens with zero attached hydrogens (tertiary/aromatic N) is 2. The Hall–Kier alpha value is -2.95. The lowest BCUT2D eigenvalue weighted by Gasteiger charge is -2.10. The third-order valence-corrected chi connectivity index (χ3v) is 3.95. The van der Waals surface area contributed by atoms with Crippen LogP contribution in [0, 0.1) is 13.8 Å². The maximum Gasteiger partial charge on any atom is 0.275 e. The fourth-order valence-corrected chi connectivity index (χ4v) is 2.45. The Kier molecular flexibility index (Phi) is 4.42. The van der Waals surface area contributed by atoms with Crippen LogP contribution in [0.25, 0.3) is 11.0 Å². The van der Waals surface area contributed by atoms with Gasteiger partial charge in [0.15, 0.2) is 5.69 Å². The van der Waals surface area contributed by atoms with E-state index >= 15 is 0 Å². The lowest BCUT2D eigenvalue weighted by molar-refractivity contribution is 0.0942. The zero-order valence-electron chi connectivity index (χ0n) is 14.0. The van der Waals surface area contributed by atoms with Crippen LogP contribution in [0.5, 0.6) is 5.88 Å². The molecule has 0 saturated carbocycles. The van der Waals surface area contributed by atoms with Crippen molar-refractivity contribution in [1.82, 2.24) is 15.3 Å². The molecule has 1 aromatic heterocycles. The molecule has 5 heteroatoms. The van der Waals surface area contributed by atoms with Crippen molar-refractivity contribution in [2.24, 2.45) is 0 Å². The highest BCUT2D eigenvalue weighted by Gasteiger charge is 2.17. The van der Waals surface area contributed by atoms with Crippen LogP contribution in [0.1, 0.15) is 27.2 Å². The van der Waals surface area contributed by atoms with Gasteiger partial charge in [-0.25, -0.2) is 9.97 Å². The van der Waals surface area contributed by atoms with E-state index in [0.717, 1.165) is 22.2 Å². The zero-order chi connectivity index (χ0) is 17.1. The molecule has 0 unspecified atom stereocenters. The SMILES string of the molecule is COc1nc2cc(C)c(C)cc2nc1C(=O)NCc1ccccc1. The van der Waals surface area contributed by atoms with Crippen molar-refractivity contribution in [3.05, 3.63) is 64.8 Å². The Morgan fingerprint density at radius 3 is 2.29 bits per heavy atom. The maximum absolute atomic E-state index is 12.5. The van der Waals surface area contributed by atoms with Gasteiger partial charge in [-0.1, -0.05) is 30.3 Å². The van der Waals surface area contributed by atoms with Gasteiger partial charge in [-0.3, -0.25) is 4.79 Å². The number of aromatic nitrogens is 2. The van der Waals surface area contributed by atoms with Crippen LogP contribution in [0.15, 0.2) is 42.5 Å². The summed E-state index contributed by atoms with van der Waals surface area (Å²) in [7, 11) is 1.49. The van der Waals surface area contributed by atoms with E-state index < -0.39 is 0 Å². The molecule has 0 radical (unpaired) electrons. The van der Waals surface area contributed by atoms with Crippen molar-refractivity contribution < 1.29 is 9.53 Å². The number of methoxy groups -OCH3 is 1. The second-order valence-electron chi connectivity index (χ2n) is 5.67. The maximum atomic E-state index is 12.5. The number of carbonyl (C=O) groups excluding carboxylic acids is 1. The number of ether oxygens (including phenoxy) is 1. The van der Waals surface area contributed by atoms with Crippen LogP contribution in [-0.2, 0) is 6.54 Å². The predicted octanol–water partition coefficient (Wildman–Crippen LogP) is 3.19. The van der Waals surface area contributed by atoms with Crippen molar-refractivity contribution in [3.8, 4) is 5.88 Å². The summed E-state index contributed by atoms with van der Waals surface area (Å²) in [5.41, 5.74) is 4.85. The number of benzene rings is 2. The summed E-state index contributed by atoms with van der Waals surface area (Å²) in [5, 5.41) is 2.86. The summed E-state index contributed by atoms with van der Waals surface area (Å²) in [6, 6.07) is 13.6. The Bertz CT molecular complexity index is 892. The van der Waals surface area contributed by atoms with Gasteiger partial charge in [0.2, 0.25) is 5.88 Å². The van der Waals surface area contributed by atoms with E-state index in [1.54, 1.807) is 0 Å². The molecule has 1 N–H and O–H groups in total. The Morgan fingerprint density at radius 2 is 1.67 bits per heavy atom. The summed E-state index contributed by atoms with van der Waals surface area (Å²) < 4.78 is 5.26. The van der Waals surface area contributed by atoms with Crippen LogP contribution in [0.3, 0.4) is 0 Å². The first kappa shape index (κ1) is 15.9. The van der Waals surface area contributed by atoms with E-state index in [0.29, 0.717) is 12.1 Å². The molecule has 2 aromatic carbocycles. The molecule has 0 aliphatic rings. The number of hydrogen-bond donors (Lipinski definition) is 1. The van der Waals surface area contributed by atoms with Crippen LogP contribution in [-0.4, -0.2) is 23.0 Å². The monoisotopic (exact) mass is 321 g/mol. The van der Waals surface area contributed by atoms with Crippen molar-refractivity contribution in [2.75, 3.05) is 7.11 Å². The van der Waals surface area contributed by atoms with Gasteiger partial charge in [-0.2, -0.15) is 0 Å². The number of nitrogens with one attached hydrogen (secondary N) is 1. The van der Waals surface area contributed by atoms with Gasteiger partial charge in [0.05, 0.1) is 18.1 Å². The molecule has 0 atom stereocenters. The van der Waals surface area contributed by atoms with E-state index in [1.807, 2.05) is 56.3 Å². The average molecular weight is 321 g/mol. The van der Waals surface area contributed by atoms with E-state index in [-0.39, 0.29) is 17.5 Å². The van der Waals surface area contributed by atoms with E-state index in [2.05, 4.69) is 15.3 Å². The second kappa shape index (κ2) is 6.66. The van der Waals surface area contributed by atoms with Crippen LogP contribution in [0.4, 0.5) is 0 Å².